The molecule has 0 aliphatic rings. The third kappa shape index (κ3) is 5.25. The summed E-state index contributed by atoms with van der Waals surface area (Å²) in [6.45, 7) is 9.81. The summed E-state index contributed by atoms with van der Waals surface area (Å²) >= 11 is 1.46. The largest absolute Gasteiger partial charge is 0.336 e. The Morgan fingerprint density at radius 2 is 1.70 bits per heavy atom. The van der Waals surface area contributed by atoms with Gasteiger partial charge in [0.2, 0.25) is 5.91 Å². The number of hydrogen-bond acceptors (Lipinski definition) is 3. The number of urea groups is 1. The first kappa shape index (κ1) is 16.6. The molecule has 3 amide bonds. The summed E-state index contributed by atoms with van der Waals surface area (Å²) in [7, 11) is 0. The van der Waals surface area contributed by atoms with Crippen LogP contribution in [0, 0.1) is 20.8 Å². The molecule has 2 N–H and O–H groups in total. The summed E-state index contributed by atoms with van der Waals surface area (Å²) in [5.41, 5.74) is 3.53. The van der Waals surface area contributed by atoms with Crippen molar-refractivity contribution >= 4 is 23.7 Å². The van der Waals surface area contributed by atoms with E-state index in [9.17, 15) is 9.59 Å². The highest BCUT2D eigenvalue weighted by molar-refractivity contribution is 8.00. The van der Waals surface area contributed by atoms with Crippen LogP contribution >= 0.6 is 11.8 Å². The monoisotopic (exact) mass is 294 g/mol. The van der Waals surface area contributed by atoms with E-state index < -0.39 is 6.03 Å². The molecule has 1 aromatic rings. The van der Waals surface area contributed by atoms with Gasteiger partial charge < -0.3 is 5.32 Å². The van der Waals surface area contributed by atoms with E-state index in [2.05, 4.69) is 29.7 Å². The predicted molar refractivity (Wildman–Crippen MR) is 83.2 cm³/mol. The molecule has 4 nitrogen and oxygen atoms in total. The number of thioether (sulfide) groups is 1. The van der Waals surface area contributed by atoms with Crippen molar-refractivity contribution in [3.63, 3.8) is 0 Å². The maximum absolute atomic E-state index is 11.7. The zero-order valence-electron chi connectivity index (χ0n) is 12.7. The number of benzene rings is 1. The molecule has 0 aliphatic carbocycles. The topological polar surface area (TPSA) is 58.2 Å². The van der Waals surface area contributed by atoms with Crippen LogP contribution < -0.4 is 10.6 Å². The standard InChI is InChI=1S/C15H22N2O2S/c1-9(2)16-15(19)17-13(18)8-20-14-11(4)6-10(3)7-12(14)5/h6-7,9H,8H2,1-5H3,(H2,16,17,18,19). The summed E-state index contributed by atoms with van der Waals surface area (Å²) in [4.78, 5) is 24.2. The maximum atomic E-state index is 11.7. The van der Waals surface area contributed by atoms with Crippen molar-refractivity contribution in [3.05, 3.63) is 28.8 Å². The van der Waals surface area contributed by atoms with Gasteiger partial charge in [-0.2, -0.15) is 0 Å². The van der Waals surface area contributed by atoms with E-state index in [4.69, 9.17) is 0 Å². The average Bonchev–Trinajstić information content (AvgIpc) is 2.25. The molecule has 0 aliphatic heterocycles. The lowest BCUT2D eigenvalue weighted by molar-refractivity contribution is -0.117. The van der Waals surface area contributed by atoms with Crippen LogP contribution in [-0.2, 0) is 4.79 Å². The van der Waals surface area contributed by atoms with E-state index in [1.165, 1.54) is 17.3 Å². The van der Waals surface area contributed by atoms with Crippen LogP contribution in [0.2, 0.25) is 0 Å². The van der Waals surface area contributed by atoms with Crippen LogP contribution in [0.25, 0.3) is 0 Å². The first-order valence-corrected chi connectivity index (χ1v) is 7.59. The Kier molecular flexibility index (Phi) is 6.07. The fourth-order valence-electron chi connectivity index (χ4n) is 1.99. The minimum atomic E-state index is -0.442. The summed E-state index contributed by atoms with van der Waals surface area (Å²) < 4.78 is 0. The Hall–Kier alpha value is -1.49. The van der Waals surface area contributed by atoms with Gasteiger partial charge in [0.05, 0.1) is 5.75 Å². The van der Waals surface area contributed by atoms with E-state index >= 15 is 0 Å². The zero-order valence-corrected chi connectivity index (χ0v) is 13.5. The second-order valence-corrected chi connectivity index (χ2v) is 6.18. The third-order valence-electron chi connectivity index (χ3n) is 2.62. The molecule has 0 saturated heterocycles. The second kappa shape index (κ2) is 7.33. The Morgan fingerprint density at radius 3 is 2.20 bits per heavy atom. The lowest BCUT2D eigenvalue weighted by Gasteiger charge is -2.11. The van der Waals surface area contributed by atoms with Crippen LogP contribution in [0.1, 0.15) is 30.5 Å². The van der Waals surface area contributed by atoms with Gasteiger partial charge in [-0.15, -0.1) is 11.8 Å². The van der Waals surface area contributed by atoms with Gasteiger partial charge >= 0.3 is 6.03 Å². The van der Waals surface area contributed by atoms with Gasteiger partial charge in [-0.25, -0.2) is 4.79 Å². The van der Waals surface area contributed by atoms with Crippen molar-refractivity contribution in [1.82, 2.24) is 10.6 Å². The number of carbonyl (C=O) groups is 2. The number of nitrogens with one attached hydrogen (secondary N) is 2. The molecule has 0 spiro atoms. The Labute approximate surface area is 124 Å². The molecule has 110 valence electrons. The van der Waals surface area contributed by atoms with Crippen LogP contribution in [0.3, 0.4) is 0 Å². The van der Waals surface area contributed by atoms with Crippen LogP contribution in [0.4, 0.5) is 4.79 Å². The molecule has 0 saturated carbocycles. The number of carbonyl (C=O) groups excluding carboxylic acids is 2. The first-order valence-electron chi connectivity index (χ1n) is 6.60. The smallest absolute Gasteiger partial charge is 0.321 e. The number of imide groups is 1. The van der Waals surface area contributed by atoms with E-state index in [0.29, 0.717) is 0 Å². The molecule has 0 bridgehead atoms. The highest BCUT2D eigenvalue weighted by Crippen LogP contribution is 2.27. The molecule has 0 unspecified atom stereocenters. The fraction of sp³-hybridized carbons (Fsp3) is 0.467. The van der Waals surface area contributed by atoms with E-state index in [1.807, 2.05) is 27.7 Å². The van der Waals surface area contributed by atoms with E-state index in [-0.39, 0.29) is 17.7 Å². The zero-order chi connectivity index (χ0) is 15.3. The highest BCUT2D eigenvalue weighted by Gasteiger charge is 2.11. The van der Waals surface area contributed by atoms with Crippen molar-refractivity contribution in [2.45, 2.75) is 45.6 Å². The minimum Gasteiger partial charge on any atom is -0.336 e. The van der Waals surface area contributed by atoms with E-state index in [1.54, 1.807) is 0 Å². The maximum Gasteiger partial charge on any atom is 0.321 e. The number of aryl methyl sites for hydroxylation is 3. The van der Waals surface area contributed by atoms with Gasteiger partial charge in [0.15, 0.2) is 0 Å². The van der Waals surface area contributed by atoms with Gasteiger partial charge in [0.1, 0.15) is 0 Å². The Balaban J connectivity index is 2.55. The molecule has 1 aromatic carbocycles. The number of amides is 3. The minimum absolute atomic E-state index is 0.0111. The normalized spacial score (nSPS) is 10.5. The van der Waals surface area contributed by atoms with Crippen molar-refractivity contribution in [1.29, 1.82) is 0 Å². The molecular weight excluding hydrogens is 272 g/mol. The number of hydrogen-bond donors (Lipinski definition) is 2. The van der Waals surface area contributed by atoms with Crippen LogP contribution in [0.15, 0.2) is 17.0 Å². The Bertz CT molecular complexity index is 490. The molecule has 0 radical (unpaired) electrons. The summed E-state index contributed by atoms with van der Waals surface area (Å²) in [5, 5.41) is 4.94. The molecule has 20 heavy (non-hydrogen) atoms. The fourth-order valence-corrected chi connectivity index (χ4v) is 2.91. The average molecular weight is 294 g/mol. The summed E-state index contributed by atoms with van der Waals surface area (Å²) in [6.07, 6.45) is 0. The van der Waals surface area contributed by atoms with E-state index in [0.717, 1.165) is 16.0 Å². The predicted octanol–water partition coefficient (Wildman–Crippen LogP) is 2.94. The summed E-state index contributed by atoms with van der Waals surface area (Å²) in [5.74, 6) is -0.0523. The van der Waals surface area contributed by atoms with Gasteiger partial charge in [-0.05, 0) is 45.7 Å². The van der Waals surface area contributed by atoms with Crippen molar-refractivity contribution in [2.75, 3.05) is 5.75 Å². The molecule has 0 heterocycles. The van der Waals surface area contributed by atoms with Gasteiger partial charge in [-0.3, -0.25) is 10.1 Å². The lowest BCUT2D eigenvalue weighted by Crippen LogP contribution is -2.43. The van der Waals surface area contributed by atoms with Crippen molar-refractivity contribution in [3.8, 4) is 0 Å². The molecule has 0 aromatic heterocycles. The number of rotatable bonds is 4. The quantitative estimate of drug-likeness (QED) is 0.839. The summed E-state index contributed by atoms with van der Waals surface area (Å²) in [6, 6.07) is 3.76. The van der Waals surface area contributed by atoms with Crippen molar-refractivity contribution < 1.29 is 9.59 Å². The molecular formula is C15H22N2O2S. The van der Waals surface area contributed by atoms with Crippen LogP contribution in [-0.4, -0.2) is 23.7 Å². The Morgan fingerprint density at radius 1 is 1.15 bits per heavy atom. The first-order chi connectivity index (χ1) is 9.29. The molecule has 0 fully saturated rings. The third-order valence-corrected chi connectivity index (χ3v) is 3.96. The van der Waals surface area contributed by atoms with Gasteiger partial charge in [0.25, 0.3) is 0 Å². The molecule has 1 rings (SSSR count). The highest BCUT2D eigenvalue weighted by atomic mass is 32.2. The van der Waals surface area contributed by atoms with Crippen LogP contribution in [0.5, 0.6) is 0 Å². The van der Waals surface area contributed by atoms with Gasteiger partial charge in [0, 0.05) is 10.9 Å². The molecule has 5 heteroatoms. The van der Waals surface area contributed by atoms with Crippen molar-refractivity contribution in [2.24, 2.45) is 0 Å². The second-order valence-electron chi connectivity index (χ2n) is 5.19. The molecule has 0 atom stereocenters. The lowest BCUT2D eigenvalue weighted by atomic mass is 10.1. The van der Waals surface area contributed by atoms with Gasteiger partial charge in [-0.1, -0.05) is 17.7 Å². The SMILES string of the molecule is Cc1cc(C)c(SCC(=O)NC(=O)NC(C)C)c(C)c1.